The third-order valence-corrected chi connectivity index (χ3v) is 5.21. The maximum Gasteiger partial charge on any atom is 0.124 e. The first-order valence-electron chi connectivity index (χ1n) is 9.32. The Balaban J connectivity index is 1.61. The molecule has 0 aromatic heterocycles. The van der Waals surface area contributed by atoms with Gasteiger partial charge in [0.25, 0.3) is 0 Å². The summed E-state index contributed by atoms with van der Waals surface area (Å²) in [6.07, 6.45) is 4.36. The molecule has 0 spiro atoms. The SMILES string of the molecule is Oc1ccc2ccccc2c1C=NC[C@H](c1ccccc1)N1CCCC1. The van der Waals surface area contributed by atoms with E-state index in [1.54, 1.807) is 6.07 Å². The number of nitrogens with zero attached hydrogens (tertiary/aromatic N) is 2. The maximum atomic E-state index is 10.3. The van der Waals surface area contributed by atoms with Crippen molar-refractivity contribution in [1.82, 2.24) is 4.90 Å². The lowest BCUT2D eigenvalue weighted by atomic mass is 10.0. The van der Waals surface area contributed by atoms with Crippen molar-refractivity contribution in [1.29, 1.82) is 0 Å². The standard InChI is InChI=1S/C23H24N2O/c26-23-13-12-18-8-4-5-11-20(18)21(23)16-24-17-22(25-14-6-7-15-25)19-9-2-1-3-10-19/h1-5,8-13,16,22,26H,6-7,14-15,17H2/t22-/m1/s1. The zero-order chi connectivity index (χ0) is 17.8. The summed E-state index contributed by atoms with van der Waals surface area (Å²) in [5.74, 6) is 0.282. The number of phenols is 1. The molecule has 0 unspecified atom stereocenters. The van der Waals surface area contributed by atoms with E-state index >= 15 is 0 Å². The van der Waals surface area contributed by atoms with E-state index in [-0.39, 0.29) is 5.75 Å². The Morgan fingerprint density at radius 1 is 0.923 bits per heavy atom. The molecule has 0 bridgehead atoms. The maximum absolute atomic E-state index is 10.3. The van der Waals surface area contributed by atoms with Gasteiger partial charge in [0, 0.05) is 11.8 Å². The monoisotopic (exact) mass is 344 g/mol. The van der Waals surface area contributed by atoms with Crippen molar-refractivity contribution in [3.05, 3.63) is 77.9 Å². The van der Waals surface area contributed by atoms with Gasteiger partial charge in [-0.2, -0.15) is 0 Å². The topological polar surface area (TPSA) is 35.8 Å². The summed E-state index contributed by atoms with van der Waals surface area (Å²) < 4.78 is 0. The van der Waals surface area contributed by atoms with Crippen molar-refractivity contribution < 1.29 is 5.11 Å². The van der Waals surface area contributed by atoms with Gasteiger partial charge in [-0.1, -0.05) is 60.7 Å². The fourth-order valence-corrected chi connectivity index (χ4v) is 3.82. The van der Waals surface area contributed by atoms with Crippen LogP contribution in [-0.4, -0.2) is 35.9 Å². The van der Waals surface area contributed by atoms with Gasteiger partial charge >= 0.3 is 0 Å². The molecule has 3 nitrogen and oxygen atoms in total. The highest BCUT2D eigenvalue weighted by atomic mass is 16.3. The summed E-state index contributed by atoms with van der Waals surface area (Å²) in [6, 6.07) is 22.7. The second-order valence-electron chi connectivity index (χ2n) is 6.88. The van der Waals surface area contributed by atoms with Gasteiger partial charge in [0.15, 0.2) is 0 Å². The van der Waals surface area contributed by atoms with Gasteiger partial charge in [0.05, 0.1) is 12.6 Å². The summed E-state index contributed by atoms with van der Waals surface area (Å²) in [5.41, 5.74) is 2.12. The number of hydrogen-bond donors (Lipinski definition) is 1. The summed E-state index contributed by atoms with van der Waals surface area (Å²) >= 11 is 0. The third kappa shape index (κ3) is 3.49. The molecule has 4 rings (SSSR count). The van der Waals surface area contributed by atoms with Crippen molar-refractivity contribution in [3.63, 3.8) is 0 Å². The van der Waals surface area contributed by atoms with E-state index in [2.05, 4.69) is 41.3 Å². The van der Waals surface area contributed by atoms with Gasteiger partial charge in [-0.05, 0) is 48.3 Å². The minimum atomic E-state index is 0.282. The largest absolute Gasteiger partial charge is 0.507 e. The normalized spacial score (nSPS) is 16.5. The molecule has 3 aromatic carbocycles. The van der Waals surface area contributed by atoms with Crippen LogP contribution >= 0.6 is 0 Å². The first-order chi connectivity index (χ1) is 12.8. The quantitative estimate of drug-likeness (QED) is 0.675. The number of aromatic hydroxyl groups is 1. The zero-order valence-electron chi connectivity index (χ0n) is 14.9. The molecule has 1 heterocycles. The van der Waals surface area contributed by atoms with E-state index in [1.165, 1.54) is 18.4 Å². The number of phenolic OH excluding ortho intramolecular Hbond substituents is 1. The summed E-state index contributed by atoms with van der Waals surface area (Å²) in [5, 5.41) is 12.5. The van der Waals surface area contributed by atoms with E-state index in [0.29, 0.717) is 12.6 Å². The van der Waals surface area contributed by atoms with E-state index in [4.69, 9.17) is 4.99 Å². The van der Waals surface area contributed by atoms with Gasteiger partial charge < -0.3 is 5.11 Å². The molecule has 0 radical (unpaired) electrons. The van der Waals surface area contributed by atoms with Crippen LogP contribution in [0.5, 0.6) is 5.75 Å². The highest BCUT2D eigenvalue weighted by Gasteiger charge is 2.22. The summed E-state index contributed by atoms with van der Waals surface area (Å²) in [4.78, 5) is 7.27. The predicted molar refractivity (Wildman–Crippen MR) is 108 cm³/mol. The molecule has 0 amide bonds. The molecule has 26 heavy (non-hydrogen) atoms. The van der Waals surface area contributed by atoms with E-state index in [9.17, 15) is 5.11 Å². The lowest BCUT2D eigenvalue weighted by Gasteiger charge is -2.26. The Morgan fingerprint density at radius 2 is 1.65 bits per heavy atom. The van der Waals surface area contributed by atoms with Gasteiger partial charge in [-0.15, -0.1) is 0 Å². The molecule has 1 saturated heterocycles. The molecule has 1 fully saturated rings. The van der Waals surface area contributed by atoms with Gasteiger partial charge in [-0.3, -0.25) is 9.89 Å². The molecule has 3 aromatic rings. The molecule has 1 aliphatic heterocycles. The molecule has 3 heteroatoms. The molecule has 0 aliphatic carbocycles. The zero-order valence-corrected chi connectivity index (χ0v) is 14.9. The van der Waals surface area contributed by atoms with Gasteiger partial charge in [-0.25, -0.2) is 0 Å². The highest BCUT2D eigenvalue weighted by Crippen LogP contribution is 2.27. The molecule has 132 valence electrons. The lowest BCUT2D eigenvalue weighted by Crippen LogP contribution is -2.27. The van der Waals surface area contributed by atoms with Crippen LogP contribution in [-0.2, 0) is 0 Å². The number of benzene rings is 3. The number of likely N-dealkylation sites (tertiary alicyclic amines) is 1. The minimum absolute atomic E-state index is 0.282. The van der Waals surface area contributed by atoms with Gasteiger partial charge in [0.2, 0.25) is 0 Å². The van der Waals surface area contributed by atoms with Crippen molar-refractivity contribution in [2.24, 2.45) is 4.99 Å². The Labute approximate surface area is 154 Å². The van der Waals surface area contributed by atoms with Crippen LogP contribution in [0.2, 0.25) is 0 Å². The van der Waals surface area contributed by atoms with Crippen molar-refractivity contribution >= 4 is 17.0 Å². The van der Waals surface area contributed by atoms with Gasteiger partial charge in [0.1, 0.15) is 5.75 Å². The molecular formula is C23H24N2O. The number of fused-ring (bicyclic) bond motifs is 1. The van der Waals surface area contributed by atoms with Crippen molar-refractivity contribution in [3.8, 4) is 5.75 Å². The number of rotatable bonds is 5. The predicted octanol–water partition coefficient (Wildman–Crippen LogP) is 4.80. The van der Waals surface area contributed by atoms with E-state index < -0.39 is 0 Å². The van der Waals surface area contributed by atoms with Crippen molar-refractivity contribution in [2.75, 3.05) is 19.6 Å². The Kier molecular flexibility index (Phi) is 4.98. The van der Waals surface area contributed by atoms with Crippen LogP contribution in [0.1, 0.15) is 30.0 Å². The molecule has 1 aliphatic rings. The number of aliphatic imine (C=N–C) groups is 1. The van der Waals surface area contributed by atoms with Crippen LogP contribution in [0.4, 0.5) is 0 Å². The average Bonchev–Trinajstić information content (AvgIpc) is 3.22. The first kappa shape index (κ1) is 16.8. The highest BCUT2D eigenvalue weighted by molar-refractivity contribution is 6.02. The fourth-order valence-electron chi connectivity index (χ4n) is 3.82. The number of hydrogen-bond acceptors (Lipinski definition) is 3. The first-order valence-corrected chi connectivity index (χ1v) is 9.32. The Hall–Kier alpha value is -2.65. The summed E-state index contributed by atoms with van der Waals surface area (Å²) in [6.45, 7) is 2.97. The molecule has 1 atom stereocenters. The van der Waals surface area contributed by atoms with E-state index in [0.717, 1.165) is 29.4 Å². The fraction of sp³-hybridized carbons (Fsp3) is 0.261. The van der Waals surface area contributed by atoms with Crippen LogP contribution in [0.3, 0.4) is 0 Å². The smallest absolute Gasteiger partial charge is 0.124 e. The van der Waals surface area contributed by atoms with Crippen molar-refractivity contribution in [2.45, 2.75) is 18.9 Å². The van der Waals surface area contributed by atoms with Crippen LogP contribution in [0, 0.1) is 0 Å². The average molecular weight is 344 g/mol. The Bertz CT molecular complexity index is 898. The lowest BCUT2D eigenvalue weighted by molar-refractivity contribution is 0.252. The molecule has 0 saturated carbocycles. The van der Waals surface area contributed by atoms with Crippen LogP contribution < -0.4 is 0 Å². The summed E-state index contributed by atoms with van der Waals surface area (Å²) in [7, 11) is 0. The van der Waals surface area contributed by atoms with Crippen LogP contribution in [0.25, 0.3) is 10.8 Å². The Morgan fingerprint density at radius 3 is 2.46 bits per heavy atom. The van der Waals surface area contributed by atoms with E-state index in [1.807, 2.05) is 30.5 Å². The second-order valence-corrected chi connectivity index (χ2v) is 6.88. The van der Waals surface area contributed by atoms with Crippen LogP contribution in [0.15, 0.2) is 71.7 Å². The molecular weight excluding hydrogens is 320 g/mol. The second kappa shape index (κ2) is 7.71. The molecule has 1 N–H and O–H groups in total. The third-order valence-electron chi connectivity index (χ3n) is 5.21. The minimum Gasteiger partial charge on any atom is -0.507 e.